The minimum atomic E-state index is -0.908. The van der Waals surface area contributed by atoms with Crippen molar-refractivity contribution in [3.05, 3.63) is 65.2 Å². The zero-order valence-corrected chi connectivity index (χ0v) is 20.1. The molecule has 0 radical (unpaired) electrons. The van der Waals surface area contributed by atoms with Crippen LogP contribution in [-0.4, -0.2) is 47.1 Å². The molecule has 1 heterocycles. The van der Waals surface area contributed by atoms with Crippen molar-refractivity contribution in [2.75, 3.05) is 0 Å². The molecular formula is C25H28N4O4S. The van der Waals surface area contributed by atoms with Crippen LogP contribution in [0.25, 0.3) is 10.2 Å². The van der Waals surface area contributed by atoms with Crippen LogP contribution in [-0.2, 0) is 20.8 Å². The minimum Gasteiger partial charge on any atom is -0.345 e. The second kappa shape index (κ2) is 11.5. The number of carbonyl (C=O) groups excluding carboxylic acids is 4. The Morgan fingerprint density at radius 3 is 2.38 bits per heavy atom. The molecule has 3 amide bonds. The summed E-state index contributed by atoms with van der Waals surface area (Å²) in [5, 5.41) is 8.09. The number of amides is 3. The topological polar surface area (TPSA) is 117 Å². The van der Waals surface area contributed by atoms with Crippen molar-refractivity contribution < 1.29 is 19.2 Å². The molecule has 3 atom stereocenters. The van der Waals surface area contributed by atoms with Gasteiger partial charge in [0.05, 0.1) is 21.8 Å². The van der Waals surface area contributed by atoms with E-state index in [0.717, 1.165) is 15.8 Å². The number of carbonyl (C=O) groups is 4. The van der Waals surface area contributed by atoms with Crippen LogP contribution in [0.1, 0.15) is 36.7 Å². The van der Waals surface area contributed by atoms with E-state index in [9.17, 15) is 19.2 Å². The van der Waals surface area contributed by atoms with Crippen LogP contribution in [0.15, 0.2) is 54.0 Å². The monoisotopic (exact) mass is 480 g/mol. The smallest absolute Gasteiger partial charge is 0.251 e. The van der Waals surface area contributed by atoms with E-state index in [4.69, 9.17) is 0 Å². The van der Waals surface area contributed by atoms with Crippen LogP contribution in [0.5, 0.6) is 0 Å². The first-order valence-corrected chi connectivity index (χ1v) is 11.9. The van der Waals surface area contributed by atoms with E-state index in [1.807, 2.05) is 44.2 Å². The summed E-state index contributed by atoms with van der Waals surface area (Å²) in [5.41, 5.74) is 3.78. The van der Waals surface area contributed by atoms with Crippen molar-refractivity contribution in [1.82, 2.24) is 20.9 Å². The van der Waals surface area contributed by atoms with Crippen molar-refractivity contribution in [3.8, 4) is 0 Å². The lowest BCUT2D eigenvalue weighted by atomic mass is 10.0. The Morgan fingerprint density at radius 1 is 0.971 bits per heavy atom. The van der Waals surface area contributed by atoms with Gasteiger partial charge >= 0.3 is 0 Å². The molecule has 3 aromatic rings. The van der Waals surface area contributed by atoms with Crippen LogP contribution in [0.4, 0.5) is 0 Å². The Labute approximate surface area is 202 Å². The Hall–Kier alpha value is -3.59. The van der Waals surface area contributed by atoms with Gasteiger partial charge in [-0.2, -0.15) is 0 Å². The number of nitrogens with zero attached hydrogens (tertiary/aromatic N) is 1. The lowest BCUT2D eigenvalue weighted by Crippen LogP contribution is -2.55. The van der Waals surface area contributed by atoms with Gasteiger partial charge in [-0.1, -0.05) is 44.2 Å². The fourth-order valence-corrected chi connectivity index (χ4v) is 4.04. The van der Waals surface area contributed by atoms with Crippen molar-refractivity contribution in [1.29, 1.82) is 0 Å². The average Bonchev–Trinajstić information content (AvgIpc) is 3.30. The average molecular weight is 481 g/mol. The number of nitrogens with one attached hydrogen (secondary N) is 3. The minimum absolute atomic E-state index is 0.0784. The molecule has 0 aliphatic heterocycles. The lowest BCUT2D eigenvalue weighted by molar-refractivity contribution is -0.130. The summed E-state index contributed by atoms with van der Waals surface area (Å²) in [6.45, 7) is 5.17. The molecule has 2 aromatic carbocycles. The Kier molecular flexibility index (Phi) is 8.48. The normalized spacial score (nSPS) is 13.6. The molecule has 3 rings (SSSR count). The van der Waals surface area contributed by atoms with Crippen molar-refractivity contribution in [2.45, 2.75) is 45.3 Å². The van der Waals surface area contributed by atoms with Gasteiger partial charge in [0.25, 0.3) is 5.91 Å². The van der Waals surface area contributed by atoms with E-state index in [2.05, 4.69) is 20.9 Å². The molecule has 0 aliphatic carbocycles. The van der Waals surface area contributed by atoms with E-state index in [1.54, 1.807) is 23.7 Å². The molecule has 9 heteroatoms. The maximum atomic E-state index is 13.1. The van der Waals surface area contributed by atoms with Gasteiger partial charge in [-0.3, -0.25) is 14.4 Å². The maximum Gasteiger partial charge on any atom is 0.251 e. The fourth-order valence-electron chi connectivity index (χ4n) is 3.32. The number of hydrogen-bond acceptors (Lipinski definition) is 6. The van der Waals surface area contributed by atoms with Crippen molar-refractivity contribution >= 4 is 45.6 Å². The van der Waals surface area contributed by atoms with Gasteiger partial charge in [0.15, 0.2) is 0 Å². The van der Waals surface area contributed by atoms with Crippen molar-refractivity contribution in [3.63, 3.8) is 0 Å². The van der Waals surface area contributed by atoms with Crippen LogP contribution in [0.3, 0.4) is 0 Å². The predicted octanol–water partition coefficient (Wildman–Crippen LogP) is 2.48. The Balaban J connectivity index is 1.73. The maximum absolute atomic E-state index is 13.1. The summed E-state index contributed by atoms with van der Waals surface area (Å²) in [4.78, 5) is 54.0. The summed E-state index contributed by atoms with van der Waals surface area (Å²) in [7, 11) is 0. The molecule has 34 heavy (non-hydrogen) atoms. The van der Waals surface area contributed by atoms with Gasteiger partial charge in [0, 0.05) is 12.0 Å². The third-order valence-electron chi connectivity index (χ3n) is 5.42. The number of thiazole rings is 1. The van der Waals surface area contributed by atoms with Crippen LogP contribution in [0, 0.1) is 5.92 Å². The highest BCUT2D eigenvalue weighted by Crippen LogP contribution is 2.19. The van der Waals surface area contributed by atoms with E-state index < -0.39 is 35.8 Å². The first-order chi connectivity index (χ1) is 16.3. The number of benzene rings is 2. The first kappa shape index (κ1) is 25.0. The number of aldehydes is 1. The third-order valence-corrected chi connectivity index (χ3v) is 6.22. The molecule has 0 bridgehead atoms. The summed E-state index contributed by atoms with van der Waals surface area (Å²) >= 11 is 1.43. The van der Waals surface area contributed by atoms with Crippen LogP contribution >= 0.6 is 11.3 Å². The zero-order chi connectivity index (χ0) is 24.7. The van der Waals surface area contributed by atoms with Gasteiger partial charge in [-0.25, -0.2) is 4.98 Å². The second-order valence-electron chi connectivity index (χ2n) is 8.40. The molecule has 0 saturated carbocycles. The Morgan fingerprint density at radius 2 is 1.71 bits per heavy atom. The molecule has 8 nitrogen and oxygen atoms in total. The quantitative estimate of drug-likeness (QED) is 0.386. The van der Waals surface area contributed by atoms with Crippen LogP contribution in [0.2, 0.25) is 0 Å². The Bertz CT molecular complexity index is 1160. The van der Waals surface area contributed by atoms with Gasteiger partial charge in [0.1, 0.15) is 18.4 Å². The molecule has 0 fully saturated rings. The van der Waals surface area contributed by atoms with E-state index in [0.29, 0.717) is 11.8 Å². The van der Waals surface area contributed by atoms with Gasteiger partial charge in [0.2, 0.25) is 11.8 Å². The highest BCUT2D eigenvalue weighted by molar-refractivity contribution is 7.16. The fraction of sp³-hybridized carbons (Fsp3) is 0.320. The molecule has 3 N–H and O–H groups in total. The second-order valence-corrected chi connectivity index (χ2v) is 9.28. The molecule has 0 saturated heterocycles. The molecular weight excluding hydrogens is 452 g/mol. The van der Waals surface area contributed by atoms with Crippen LogP contribution < -0.4 is 16.0 Å². The number of aromatic nitrogens is 1. The summed E-state index contributed by atoms with van der Waals surface area (Å²) in [5.74, 6) is -1.44. The third kappa shape index (κ3) is 6.48. The largest absolute Gasteiger partial charge is 0.345 e. The summed E-state index contributed by atoms with van der Waals surface area (Å²) < 4.78 is 0.872. The standard InChI is InChI=1S/C25H28N4O4S/c1-15(2)21(13-30)29-23(31)16(3)27-25(33)20(11-17-7-5-4-6-8-17)28-24(32)18-9-10-19-22(12-18)34-14-26-19/h4-10,12-16,20-21H,11H2,1-3H3,(H,27,33)(H,28,32)(H,29,31)/t16-,20+,21+/m0/s1. The highest BCUT2D eigenvalue weighted by Gasteiger charge is 2.26. The van der Waals surface area contributed by atoms with Gasteiger partial charge < -0.3 is 20.7 Å². The lowest BCUT2D eigenvalue weighted by Gasteiger charge is -2.23. The van der Waals surface area contributed by atoms with E-state index >= 15 is 0 Å². The van der Waals surface area contributed by atoms with E-state index in [1.165, 1.54) is 18.3 Å². The van der Waals surface area contributed by atoms with E-state index in [-0.39, 0.29) is 12.3 Å². The molecule has 1 aromatic heterocycles. The predicted molar refractivity (Wildman–Crippen MR) is 131 cm³/mol. The first-order valence-electron chi connectivity index (χ1n) is 11.0. The van der Waals surface area contributed by atoms with Gasteiger partial charge in [-0.05, 0) is 36.6 Å². The molecule has 0 aliphatic rings. The molecule has 178 valence electrons. The summed E-state index contributed by atoms with van der Waals surface area (Å²) in [6.07, 6.45) is 0.925. The van der Waals surface area contributed by atoms with Crippen molar-refractivity contribution in [2.24, 2.45) is 5.92 Å². The number of hydrogen-bond donors (Lipinski definition) is 3. The number of fused-ring (bicyclic) bond motifs is 1. The van der Waals surface area contributed by atoms with Gasteiger partial charge in [-0.15, -0.1) is 11.3 Å². The number of rotatable bonds is 10. The summed E-state index contributed by atoms with van der Waals surface area (Å²) in [6, 6.07) is 12.0. The molecule has 0 unspecified atom stereocenters. The SMILES string of the molecule is CC(C)[C@@H](C=O)NC(=O)[C@H](C)NC(=O)[C@@H](Cc1ccccc1)NC(=O)c1ccc2ncsc2c1. The molecule has 0 spiro atoms. The highest BCUT2D eigenvalue weighted by atomic mass is 32.1. The zero-order valence-electron chi connectivity index (χ0n) is 19.3.